The van der Waals surface area contributed by atoms with Crippen LogP contribution in [0, 0.1) is 27.7 Å². The molecule has 2 aromatic rings. The maximum Gasteiger partial charge on any atom is 0.252 e. The van der Waals surface area contributed by atoms with Crippen molar-refractivity contribution in [1.82, 2.24) is 5.32 Å². The van der Waals surface area contributed by atoms with Crippen molar-refractivity contribution >= 4 is 17.3 Å². The van der Waals surface area contributed by atoms with Gasteiger partial charge < -0.3 is 16.4 Å². The van der Waals surface area contributed by atoms with Crippen LogP contribution in [-0.4, -0.2) is 11.9 Å². The maximum atomic E-state index is 12.6. The number of benzene rings is 2. The van der Waals surface area contributed by atoms with E-state index >= 15 is 0 Å². The predicted octanol–water partition coefficient (Wildman–Crippen LogP) is 4.25. The van der Waals surface area contributed by atoms with Gasteiger partial charge in [0.25, 0.3) is 5.91 Å². The molecule has 4 nitrogen and oxygen atoms in total. The largest absolute Gasteiger partial charge is 0.399 e. The van der Waals surface area contributed by atoms with Gasteiger partial charge >= 0.3 is 0 Å². The van der Waals surface area contributed by atoms with Crippen LogP contribution in [0.3, 0.4) is 0 Å². The SMILES string of the molecule is Cc1c(C)c(C(=O)NC(C)C)c(C)c(C)c1NCc1ccc(N)cc1. The van der Waals surface area contributed by atoms with E-state index in [2.05, 4.69) is 24.5 Å². The zero-order valence-electron chi connectivity index (χ0n) is 16.1. The topological polar surface area (TPSA) is 67.2 Å². The molecule has 0 aliphatic heterocycles. The smallest absolute Gasteiger partial charge is 0.252 e. The molecule has 0 radical (unpaired) electrons. The molecule has 4 N–H and O–H groups in total. The van der Waals surface area contributed by atoms with Gasteiger partial charge in [0.15, 0.2) is 0 Å². The molecule has 0 saturated heterocycles. The Labute approximate surface area is 150 Å². The Kier molecular flexibility index (Phi) is 5.73. The standard InChI is InChI=1S/C21H29N3O/c1-12(2)24-21(25)19-13(3)15(5)20(16(6)14(19)4)23-11-17-7-9-18(22)10-8-17/h7-10,12,23H,11,22H2,1-6H3,(H,24,25). The van der Waals surface area contributed by atoms with Gasteiger partial charge in [-0.2, -0.15) is 0 Å². The zero-order chi connectivity index (χ0) is 18.7. The molecular weight excluding hydrogens is 310 g/mol. The van der Waals surface area contributed by atoms with Gasteiger partial charge in [-0.25, -0.2) is 0 Å². The number of nitrogens with two attached hydrogens (primary N) is 1. The highest BCUT2D eigenvalue weighted by molar-refractivity contribution is 5.99. The highest BCUT2D eigenvalue weighted by atomic mass is 16.1. The average Bonchev–Trinajstić information content (AvgIpc) is 2.54. The first-order chi connectivity index (χ1) is 11.7. The summed E-state index contributed by atoms with van der Waals surface area (Å²) in [6.45, 7) is 12.9. The number of anilines is 2. The van der Waals surface area contributed by atoms with E-state index in [1.807, 2.05) is 52.0 Å². The Morgan fingerprint density at radius 3 is 1.96 bits per heavy atom. The summed E-state index contributed by atoms with van der Waals surface area (Å²) in [5.74, 6) is 0.00119. The quantitative estimate of drug-likeness (QED) is 0.713. The Hall–Kier alpha value is -2.49. The lowest BCUT2D eigenvalue weighted by molar-refractivity contribution is 0.0941. The van der Waals surface area contributed by atoms with Crippen molar-refractivity contribution in [2.45, 2.75) is 54.1 Å². The van der Waals surface area contributed by atoms with Crippen molar-refractivity contribution in [2.24, 2.45) is 0 Å². The monoisotopic (exact) mass is 339 g/mol. The molecule has 134 valence electrons. The van der Waals surface area contributed by atoms with Crippen molar-refractivity contribution in [1.29, 1.82) is 0 Å². The minimum atomic E-state index is 0.00119. The number of rotatable bonds is 5. The van der Waals surface area contributed by atoms with Crippen molar-refractivity contribution < 1.29 is 4.79 Å². The van der Waals surface area contributed by atoms with E-state index in [4.69, 9.17) is 5.73 Å². The summed E-state index contributed by atoms with van der Waals surface area (Å²) in [5.41, 5.74) is 13.9. The summed E-state index contributed by atoms with van der Waals surface area (Å²) in [6.07, 6.45) is 0. The lowest BCUT2D eigenvalue weighted by Gasteiger charge is -2.22. The van der Waals surface area contributed by atoms with Crippen LogP contribution in [0.15, 0.2) is 24.3 Å². The molecule has 2 aromatic carbocycles. The number of hydrogen-bond donors (Lipinski definition) is 3. The minimum absolute atomic E-state index is 0.00119. The van der Waals surface area contributed by atoms with Crippen molar-refractivity contribution in [3.05, 3.63) is 57.6 Å². The van der Waals surface area contributed by atoms with E-state index in [1.165, 1.54) is 5.56 Å². The first-order valence-electron chi connectivity index (χ1n) is 8.71. The summed E-state index contributed by atoms with van der Waals surface area (Å²) >= 11 is 0. The molecule has 0 aromatic heterocycles. The minimum Gasteiger partial charge on any atom is -0.399 e. The van der Waals surface area contributed by atoms with Crippen LogP contribution in [0.4, 0.5) is 11.4 Å². The number of hydrogen-bond acceptors (Lipinski definition) is 3. The molecule has 0 aliphatic rings. The van der Waals surface area contributed by atoms with Crippen molar-refractivity contribution in [3.8, 4) is 0 Å². The van der Waals surface area contributed by atoms with Gasteiger partial charge in [0.2, 0.25) is 0 Å². The average molecular weight is 339 g/mol. The molecule has 0 saturated carbocycles. The van der Waals surface area contributed by atoms with Crippen molar-refractivity contribution in [3.63, 3.8) is 0 Å². The Balaban J connectivity index is 2.34. The fourth-order valence-corrected chi connectivity index (χ4v) is 3.08. The molecule has 4 heteroatoms. The lowest BCUT2D eigenvalue weighted by atomic mass is 9.91. The van der Waals surface area contributed by atoms with Gasteiger partial charge in [-0.15, -0.1) is 0 Å². The zero-order valence-corrected chi connectivity index (χ0v) is 16.1. The summed E-state index contributed by atoms with van der Waals surface area (Å²) in [5, 5.41) is 6.54. The van der Waals surface area contributed by atoms with E-state index in [0.717, 1.165) is 45.7 Å². The third-order valence-corrected chi connectivity index (χ3v) is 4.72. The molecule has 0 fully saturated rings. The van der Waals surface area contributed by atoms with Gasteiger partial charge in [0.05, 0.1) is 0 Å². The van der Waals surface area contributed by atoms with Crippen LogP contribution in [0.1, 0.15) is 52.0 Å². The molecule has 0 heterocycles. The van der Waals surface area contributed by atoms with E-state index < -0.39 is 0 Å². The maximum absolute atomic E-state index is 12.6. The molecule has 1 amide bonds. The normalized spacial score (nSPS) is 10.8. The van der Waals surface area contributed by atoms with Gasteiger partial charge in [-0.1, -0.05) is 12.1 Å². The van der Waals surface area contributed by atoms with Crippen LogP contribution < -0.4 is 16.4 Å². The third kappa shape index (κ3) is 4.13. The van der Waals surface area contributed by atoms with Gasteiger partial charge in [0.1, 0.15) is 0 Å². The van der Waals surface area contributed by atoms with Crippen LogP contribution >= 0.6 is 0 Å². The van der Waals surface area contributed by atoms with E-state index in [9.17, 15) is 4.79 Å². The first-order valence-corrected chi connectivity index (χ1v) is 8.71. The predicted molar refractivity (Wildman–Crippen MR) is 106 cm³/mol. The molecule has 0 bridgehead atoms. The number of nitrogen functional groups attached to an aromatic ring is 1. The lowest BCUT2D eigenvalue weighted by Crippen LogP contribution is -2.31. The van der Waals surface area contributed by atoms with Crippen LogP contribution in [0.5, 0.6) is 0 Å². The van der Waals surface area contributed by atoms with Crippen LogP contribution in [0.25, 0.3) is 0 Å². The van der Waals surface area contributed by atoms with E-state index in [1.54, 1.807) is 0 Å². The summed E-state index contributed by atoms with van der Waals surface area (Å²) in [4.78, 5) is 12.6. The number of nitrogens with one attached hydrogen (secondary N) is 2. The third-order valence-electron chi connectivity index (χ3n) is 4.72. The second-order valence-electron chi connectivity index (χ2n) is 6.97. The van der Waals surface area contributed by atoms with E-state index in [-0.39, 0.29) is 11.9 Å². The van der Waals surface area contributed by atoms with Gasteiger partial charge in [-0.3, -0.25) is 4.79 Å². The summed E-state index contributed by atoms with van der Waals surface area (Å²) in [6, 6.07) is 7.99. The molecule has 25 heavy (non-hydrogen) atoms. The Morgan fingerprint density at radius 1 is 0.960 bits per heavy atom. The molecule has 0 unspecified atom stereocenters. The highest BCUT2D eigenvalue weighted by Gasteiger charge is 2.20. The van der Waals surface area contributed by atoms with Crippen LogP contribution in [-0.2, 0) is 6.54 Å². The van der Waals surface area contributed by atoms with Crippen molar-refractivity contribution in [2.75, 3.05) is 11.1 Å². The second kappa shape index (κ2) is 7.60. The molecule has 0 spiro atoms. The Bertz CT molecular complexity index is 748. The van der Waals surface area contributed by atoms with E-state index in [0.29, 0.717) is 0 Å². The fraction of sp³-hybridized carbons (Fsp3) is 0.381. The van der Waals surface area contributed by atoms with Crippen LogP contribution in [0.2, 0.25) is 0 Å². The molecular formula is C21H29N3O. The summed E-state index contributed by atoms with van der Waals surface area (Å²) < 4.78 is 0. The fourth-order valence-electron chi connectivity index (χ4n) is 3.08. The van der Waals surface area contributed by atoms with Gasteiger partial charge in [0, 0.05) is 29.5 Å². The van der Waals surface area contributed by atoms with Gasteiger partial charge in [-0.05, 0) is 81.5 Å². The molecule has 0 atom stereocenters. The highest BCUT2D eigenvalue weighted by Crippen LogP contribution is 2.31. The number of amides is 1. The summed E-state index contributed by atoms with van der Waals surface area (Å²) in [7, 11) is 0. The number of carbonyl (C=O) groups excluding carboxylic acids is 1. The molecule has 0 aliphatic carbocycles. The first kappa shape index (κ1) is 18.8. The second-order valence-corrected chi connectivity index (χ2v) is 6.97. The molecule has 2 rings (SSSR count). The Morgan fingerprint density at radius 2 is 1.48 bits per heavy atom. The number of carbonyl (C=O) groups is 1.